The van der Waals surface area contributed by atoms with E-state index in [1.807, 2.05) is 81.7 Å². The topological polar surface area (TPSA) is 196 Å². The van der Waals surface area contributed by atoms with Crippen LogP contribution in [0.15, 0.2) is 90.6 Å². The summed E-state index contributed by atoms with van der Waals surface area (Å²) in [6, 6.07) is 24.3. The minimum atomic E-state index is -0.953. The third-order valence-electron chi connectivity index (χ3n) is 13.4. The van der Waals surface area contributed by atoms with Crippen molar-refractivity contribution in [2.75, 3.05) is 31.6 Å². The third-order valence-corrected chi connectivity index (χ3v) is 14.7. The quantitative estimate of drug-likeness (QED) is 0.0616. The molecule has 7 rings (SSSR count). The van der Waals surface area contributed by atoms with Crippen molar-refractivity contribution in [3.05, 3.63) is 118 Å². The number of β-amino-alcohol motifs (C(OH)–C–C–N with tert-alkyl or cyclic N) is 1. The van der Waals surface area contributed by atoms with Crippen LogP contribution in [0, 0.1) is 34.5 Å². The van der Waals surface area contributed by atoms with Gasteiger partial charge in [0, 0.05) is 66.2 Å². The largest absolute Gasteiger partial charge is 0.489 e. The summed E-state index contributed by atoms with van der Waals surface area (Å²) >= 11 is 7.83. The van der Waals surface area contributed by atoms with E-state index in [-0.39, 0.29) is 56.4 Å². The first-order valence-corrected chi connectivity index (χ1v) is 24.8. The van der Waals surface area contributed by atoms with Gasteiger partial charge in [0.05, 0.1) is 45.4 Å². The predicted molar refractivity (Wildman–Crippen MR) is 272 cm³/mol. The number of benzene rings is 3. The molecule has 16 heteroatoms. The van der Waals surface area contributed by atoms with Crippen molar-refractivity contribution in [2.24, 2.45) is 16.2 Å². The van der Waals surface area contributed by atoms with Gasteiger partial charge in [-0.25, -0.2) is 9.97 Å². The number of likely N-dealkylation sites (tertiary alicyclic amines) is 1. The first kappa shape index (κ1) is 51.7. The van der Waals surface area contributed by atoms with Crippen LogP contribution in [0.4, 0.5) is 5.82 Å². The maximum atomic E-state index is 14.0. The standard InChI is InChI=1S/C54H62ClN7O7S/c1-32-46(70-31-59-32)35-12-9-33(10-13-35)11-21-43(64)42-25-39(63)29-62(42)49(67)47(52(2,3)4)60-45(65)30-68-24-23-57-44-22-19-38(28-58-44)34-14-16-36(17-15-34)48(66)61-50-53(5,6)51(54(50,7)8)69-40-20-18-37(27-56)41(55)26-40/h9-10,12-20,22,26,28,31,39,42,47,50-51,63H,11,21,23-25,29-30H2,1-8H3,(H,57,58)(H,60,65)(H,61,66)/t39-,42+,47-,50?,51?/m1/s1. The van der Waals surface area contributed by atoms with E-state index < -0.39 is 46.2 Å². The smallest absolute Gasteiger partial charge is 0.251 e. The zero-order valence-electron chi connectivity index (χ0n) is 41.0. The van der Waals surface area contributed by atoms with Gasteiger partial charge < -0.3 is 35.4 Å². The number of nitrogens with one attached hydrogen (secondary N) is 3. The average molecular weight is 989 g/mol. The Morgan fingerprint density at radius 3 is 2.26 bits per heavy atom. The average Bonchev–Trinajstić information content (AvgIpc) is 3.95. The molecule has 1 saturated carbocycles. The van der Waals surface area contributed by atoms with Gasteiger partial charge in [0.1, 0.15) is 36.4 Å². The number of hydrogen-bond acceptors (Lipinski definition) is 12. The molecule has 0 unspecified atom stereocenters. The molecule has 2 aliphatic rings. The number of anilines is 1. The molecule has 1 saturated heterocycles. The minimum absolute atomic E-state index is 0.0139. The normalized spacial score (nSPS) is 19.6. The fourth-order valence-electron chi connectivity index (χ4n) is 9.93. The monoisotopic (exact) mass is 987 g/mol. The number of hydrogen-bond donors (Lipinski definition) is 4. The van der Waals surface area contributed by atoms with Crippen LogP contribution in [-0.4, -0.2) is 100 Å². The molecule has 70 heavy (non-hydrogen) atoms. The predicted octanol–water partition coefficient (Wildman–Crippen LogP) is 8.44. The second-order valence-corrected chi connectivity index (χ2v) is 21.7. The highest BCUT2D eigenvalue weighted by Gasteiger charge is 2.64. The second kappa shape index (κ2) is 21.4. The van der Waals surface area contributed by atoms with Crippen LogP contribution < -0.4 is 20.7 Å². The highest BCUT2D eigenvalue weighted by atomic mass is 35.5. The number of thiazole rings is 1. The zero-order chi connectivity index (χ0) is 50.5. The molecule has 368 valence electrons. The Labute approximate surface area is 419 Å². The third kappa shape index (κ3) is 11.7. The maximum Gasteiger partial charge on any atom is 0.251 e. The van der Waals surface area contributed by atoms with Crippen molar-refractivity contribution in [1.82, 2.24) is 25.5 Å². The molecular formula is C54H62ClN7O7S. The van der Waals surface area contributed by atoms with Gasteiger partial charge in [0.15, 0.2) is 5.78 Å². The van der Waals surface area contributed by atoms with Crippen LogP contribution in [0.5, 0.6) is 5.75 Å². The Balaban J connectivity index is 0.839. The molecule has 3 aromatic carbocycles. The summed E-state index contributed by atoms with van der Waals surface area (Å²) in [5.41, 5.74) is 6.04. The molecule has 2 aromatic heterocycles. The van der Waals surface area contributed by atoms with E-state index in [0.29, 0.717) is 40.7 Å². The number of nitrogens with zero attached hydrogens (tertiary/aromatic N) is 4. The highest BCUT2D eigenvalue weighted by molar-refractivity contribution is 7.13. The van der Waals surface area contributed by atoms with Crippen molar-refractivity contribution in [3.63, 3.8) is 0 Å². The molecule has 1 aliphatic heterocycles. The first-order valence-electron chi connectivity index (χ1n) is 23.5. The maximum absolute atomic E-state index is 14.0. The number of pyridine rings is 1. The Morgan fingerprint density at radius 2 is 1.64 bits per heavy atom. The summed E-state index contributed by atoms with van der Waals surface area (Å²) in [4.78, 5) is 65.6. The van der Waals surface area contributed by atoms with Gasteiger partial charge in [-0.05, 0) is 71.8 Å². The Bertz CT molecular complexity index is 2710. The van der Waals surface area contributed by atoms with E-state index >= 15 is 0 Å². The number of nitriles is 1. The van der Waals surface area contributed by atoms with E-state index in [4.69, 9.17) is 21.1 Å². The molecule has 0 spiro atoms. The second-order valence-electron chi connectivity index (χ2n) is 20.5. The van der Waals surface area contributed by atoms with E-state index in [1.54, 1.807) is 47.9 Å². The summed E-state index contributed by atoms with van der Waals surface area (Å²) in [5, 5.41) is 29.4. The van der Waals surface area contributed by atoms with E-state index in [0.717, 1.165) is 32.8 Å². The van der Waals surface area contributed by atoms with Crippen LogP contribution in [0.25, 0.3) is 21.6 Å². The molecule has 3 atom stereocenters. The van der Waals surface area contributed by atoms with Crippen molar-refractivity contribution in [2.45, 2.75) is 105 Å². The van der Waals surface area contributed by atoms with Gasteiger partial charge in [-0.3, -0.25) is 19.2 Å². The summed E-state index contributed by atoms with van der Waals surface area (Å²) in [5.74, 6) is -0.0181. The number of aliphatic hydroxyl groups is 1. The number of rotatable bonds is 18. The van der Waals surface area contributed by atoms with Crippen molar-refractivity contribution >= 4 is 52.3 Å². The summed E-state index contributed by atoms with van der Waals surface area (Å²) in [7, 11) is 0. The van der Waals surface area contributed by atoms with Gasteiger partial charge in [-0.15, -0.1) is 11.3 Å². The zero-order valence-corrected chi connectivity index (χ0v) is 42.5. The molecular weight excluding hydrogens is 926 g/mol. The van der Waals surface area contributed by atoms with Crippen molar-refractivity contribution in [3.8, 4) is 33.4 Å². The van der Waals surface area contributed by atoms with Gasteiger partial charge in [0.2, 0.25) is 11.8 Å². The summed E-state index contributed by atoms with van der Waals surface area (Å²) in [6.45, 7) is 16.0. The molecule has 0 radical (unpaired) electrons. The lowest BCUT2D eigenvalue weighted by atomic mass is 9.49. The lowest BCUT2D eigenvalue weighted by Crippen LogP contribution is -2.74. The van der Waals surface area contributed by atoms with Gasteiger partial charge in [-0.1, -0.05) is 96.5 Å². The fraction of sp³-hybridized carbons (Fsp3) is 0.426. The molecule has 0 bridgehead atoms. The molecule has 2 fully saturated rings. The number of aliphatic hydroxyl groups excluding tert-OH is 1. The summed E-state index contributed by atoms with van der Waals surface area (Å²) < 4.78 is 12.0. The first-order chi connectivity index (χ1) is 33.2. The lowest BCUT2D eigenvalue weighted by molar-refractivity contribution is -0.164. The van der Waals surface area contributed by atoms with E-state index in [9.17, 15) is 29.5 Å². The number of ether oxygens (including phenoxy) is 2. The Morgan fingerprint density at radius 1 is 0.957 bits per heavy atom. The SMILES string of the molecule is Cc1ncsc1-c1ccc(CCC(=O)[C@@H]2C[C@@H](O)CN2C(=O)[C@@H](NC(=O)COCCNc2ccc(-c3ccc(C(=O)NC4C(C)(C)C(Oc5ccc(C#N)c(Cl)c5)C4(C)C)cc3)cn2)C(C)(C)C)cc1. The number of carbonyl (C=O) groups is 4. The van der Waals surface area contributed by atoms with Gasteiger partial charge in [0.25, 0.3) is 5.91 Å². The molecule has 5 aromatic rings. The van der Waals surface area contributed by atoms with Crippen LogP contribution in [0.3, 0.4) is 0 Å². The number of ketones is 1. The Kier molecular flexibility index (Phi) is 15.8. The number of Topliss-reactive ketones (excluding diaryl/α,β-unsaturated/α-hetero) is 1. The van der Waals surface area contributed by atoms with E-state index in [1.165, 1.54) is 4.90 Å². The van der Waals surface area contributed by atoms with E-state index in [2.05, 4.69) is 59.7 Å². The molecule has 1 aliphatic carbocycles. The summed E-state index contributed by atoms with van der Waals surface area (Å²) in [6.07, 6.45) is 1.53. The van der Waals surface area contributed by atoms with Crippen LogP contribution in [0.2, 0.25) is 5.02 Å². The molecule has 3 amide bonds. The number of carbonyl (C=O) groups excluding carboxylic acids is 4. The van der Waals surface area contributed by atoms with Crippen molar-refractivity contribution in [1.29, 1.82) is 5.26 Å². The molecule has 14 nitrogen and oxygen atoms in total. The Hall–Kier alpha value is -6.18. The highest BCUT2D eigenvalue weighted by Crippen LogP contribution is 2.55. The number of amides is 3. The van der Waals surface area contributed by atoms with Gasteiger partial charge in [-0.2, -0.15) is 5.26 Å². The van der Waals surface area contributed by atoms with Gasteiger partial charge >= 0.3 is 0 Å². The minimum Gasteiger partial charge on any atom is -0.489 e. The fourth-order valence-corrected chi connectivity index (χ4v) is 10.9. The van der Waals surface area contributed by atoms with Crippen LogP contribution >= 0.6 is 22.9 Å². The molecule has 4 N–H and O–H groups in total. The lowest BCUT2D eigenvalue weighted by Gasteiger charge is -2.63. The van der Waals surface area contributed by atoms with Crippen LogP contribution in [-0.2, 0) is 25.5 Å². The van der Waals surface area contributed by atoms with Crippen molar-refractivity contribution < 1.29 is 33.8 Å². The molecule has 3 heterocycles. The number of aromatic nitrogens is 2. The van der Waals surface area contributed by atoms with Crippen LogP contribution in [0.1, 0.15) is 88.5 Å². The number of aryl methyl sites for hydroxylation is 2. The number of halogens is 1.